The first-order valence-corrected chi connectivity index (χ1v) is 23.3. The molecular formula is C60H37NOS2. The van der Waals surface area contributed by atoms with E-state index in [1.165, 1.54) is 62.6 Å². The summed E-state index contributed by atoms with van der Waals surface area (Å²) in [4.78, 5) is 2.50. The van der Waals surface area contributed by atoms with E-state index < -0.39 is 0 Å². The standard InChI is InChI=1S/C60H37NOS2/c1-5-16-38(17-6-1)42-28-30-46-52(35-42)62-60-45(40-20-9-3-10-21-40)31-32-51(59(46)60)61(50-25-15-27-55-58(50)47-24-13-14-26-53(47)63-55)44-29-33-54-49(37-44)57-48(41-22-11-4-12-23-41)34-43(36-56(57)64-54)39-18-7-2-8-19-39/h1-37H. The van der Waals surface area contributed by atoms with Gasteiger partial charge in [0.2, 0.25) is 0 Å². The van der Waals surface area contributed by atoms with Crippen LogP contribution in [0.4, 0.5) is 17.1 Å². The van der Waals surface area contributed by atoms with Gasteiger partial charge in [0.15, 0.2) is 0 Å². The van der Waals surface area contributed by atoms with Gasteiger partial charge in [0.05, 0.1) is 16.8 Å². The molecule has 13 aromatic rings. The van der Waals surface area contributed by atoms with Crippen LogP contribution in [0.2, 0.25) is 0 Å². The molecule has 0 unspecified atom stereocenters. The molecule has 10 aromatic carbocycles. The van der Waals surface area contributed by atoms with Crippen molar-refractivity contribution in [2.45, 2.75) is 0 Å². The molecule has 13 rings (SSSR count). The summed E-state index contributed by atoms with van der Waals surface area (Å²) in [6.07, 6.45) is 0. The monoisotopic (exact) mass is 851 g/mol. The Morgan fingerprint density at radius 2 is 0.922 bits per heavy atom. The molecule has 0 radical (unpaired) electrons. The molecule has 0 saturated heterocycles. The number of anilines is 3. The molecule has 0 atom stereocenters. The highest BCUT2D eigenvalue weighted by molar-refractivity contribution is 7.26. The van der Waals surface area contributed by atoms with Gasteiger partial charge < -0.3 is 9.32 Å². The molecule has 0 bridgehead atoms. The van der Waals surface area contributed by atoms with Crippen molar-refractivity contribution in [2.75, 3.05) is 4.90 Å². The summed E-state index contributed by atoms with van der Waals surface area (Å²) in [5, 5.41) is 7.18. The molecule has 0 fully saturated rings. The van der Waals surface area contributed by atoms with E-state index in [1.54, 1.807) is 0 Å². The fourth-order valence-corrected chi connectivity index (χ4v) is 12.0. The van der Waals surface area contributed by atoms with Crippen LogP contribution in [0.1, 0.15) is 0 Å². The average Bonchev–Trinajstić information content (AvgIpc) is 4.06. The maximum absolute atomic E-state index is 7.11. The number of thiophene rings is 2. The highest BCUT2D eigenvalue weighted by atomic mass is 32.1. The number of rotatable bonds is 7. The highest BCUT2D eigenvalue weighted by Crippen LogP contribution is 2.52. The number of furan rings is 1. The SMILES string of the molecule is c1ccc(-c2ccc3c(c2)oc2c(-c4ccccc4)ccc(N(c4ccc5sc6cc(-c7ccccc7)cc(-c7ccccc7)c6c5c4)c4cccc5sc6ccccc6c45)c23)cc1. The Kier molecular flexibility index (Phi) is 8.61. The van der Waals surface area contributed by atoms with Crippen molar-refractivity contribution in [1.29, 1.82) is 0 Å². The number of benzene rings is 10. The van der Waals surface area contributed by atoms with Crippen LogP contribution in [0.15, 0.2) is 229 Å². The third kappa shape index (κ3) is 5.99. The van der Waals surface area contributed by atoms with Crippen molar-refractivity contribution in [3.8, 4) is 44.5 Å². The zero-order valence-corrected chi connectivity index (χ0v) is 36.2. The summed E-state index contributed by atoms with van der Waals surface area (Å²) in [7, 11) is 0. The van der Waals surface area contributed by atoms with E-state index >= 15 is 0 Å². The second-order valence-electron chi connectivity index (χ2n) is 16.4. The third-order valence-electron chi connectivity index (χ3n) is 12.7. The third-order valence-corrected chi connectivity index (χ3v) is 14.9. The molecule has 0 aliphatic heterocycles. The summed E-state index contributed by atoms with van der Waals surface area (Å²) in [5.41, 5.74) is 14.4. The van der Waals surface area contributed by atoms with Gasteiger partial charge in [-0.05, 0) is 112 Å². The first-order valence-electron chi connectivity index (χ1n) is 21.7. The van der Waals surface area contributed by atoms with Crippen LogP contribution in [0.25, 0.3) is 107 Å². The lowest BCUT2D eigenvalue weighted by Gasteiger charge is -2.28. The van der Waals surface area contributed by atoms with Crippen molar-refractivity contribution >= 4 is 102 Å². The minimum atomic E-state index is 0.862. The van der Waals surface area contributed by atoms with Crippen LogP contribution in [-0.4, -0.2) is 0 Å². The van der Waals surface area contributed by atoms with Crippen molar-refractivity contribution in [3.05, 3.63) is 224 Å². The van der Waals surface area contributed by atoms with Crippen LogP contribution in [-0.2, 0) is 0 Å². The first-order chi connectivity index (χ1) is 31.7. The van der Waals surface area contributed by atoms with Gasteiger partial charge in [-0.15, -0.1) is 22.7 Å². The molecule has 0 aliphatic rings. The number of hydrogen-bond donors (Lipinski definition) is 0. The Labute approximate surface area is 378 Å². The summed E-state index contributed by atoms with van der Waals surface area (Å²) in [5.74, 6) is 0. The van der Waals surface area contributed by atoms with Crippen LogP contribution in [0, 0.1) is 0 Å². The van der Waals surface area contributed by atoms with Crippen LogP contribution in [0.5, 0.6) is 0 Å². The van der Waals surface area contributed by atoms with E-state index in [9.17, 15) is 0 Å². The van der Waals surface area contributed by atoms with Crippen LogP contribution >= 0.6 is 22.7 Å². The maximum atomic E-state index is 7.11. The van der Waals surface area contributed by atoms with Gasteiger partial charge >= 0.3 is 0 Å². The van der Waals surface area contributed by atoms with Gasteiger partial charge in [0, 0.05) is 57.0 Å². The van der Waals surface area contributed by atoms with Gasteiger partial charge in [0.25, 0.3) is 0 Å². The molecule has 0 amide bonds. The average molecular weight is 852 g/mol. The largest absolute Gasteiger partial charge is 0.455 e. The quantitative estimate of drug-likeness (QED) is 0.159. The van der Waals surface area contributed by atoms with Gasteiger partial charge in [-0.3, -0.25) is 0 Å². The lowest BCUT2D eigenvalue weighted by Crippen LogP contribution is -2.11. The molecule has 3 heterocycles. The molecule has 0 saturated carbocycles. The Hall–Kier alpha value is -7.76. The van der Waals surface area contributed by atoms with E-state index in [0.717, 1.165) is 61.3 Å². The molecule has 4 heteroatoms. The summed E-state index contributed by atoms with van der Waals surface area (Å²) < 4.78 is 12.2. The molecule has 3 aromatic heterocycles. The van der Waals surface area contributed by atoms with Crippen LogP contribution in [0.3, 0.4) is 0 Å². The zero-order valence-electron chi connectivity index (χ0n) is 34.5. The number of fused-ring (bicyclic) bond motifs is 9. The lowest BCUT2D eigenvalue weighted by molar-refractivity contribution is 0.670. The van der Waals surface area contributed by atoms with Crippen molar-refractivity contribution in [3.63, 3.8) is 0 Å². The normalized spacial score (nSPS) is 11.8. The Balaban J connectivity index is 1.12. The highest BCUT2D eigenvalue weighted by Gasteiger charge is 2.26. The Morgan fingerprint density at radius 3 is 1.67 bits per heavy atom. The zero-order chi connectivity index (χ0) is 42.1. The van der Waals surface area contributed by atoms with Crippen molar-refractivity contribution in [1.82, 2.24) is 0 Å². The minimum Gasteiger partial charge on any atom is -0.455 e. The second-order valence-corrected chi connectivity index (χ2v) is 18.5. The Bertz CT molecular complexity index is 3890. The van der Waals surface area contributed by atoms with E-state index in [0.29, 0.717) is 0 Å². The smallest absolute Gasteiger partial charge is 0.145 e. The van der Waals surface area contributed by atoms with Crippen molar-refractivity contribution < 1.29 is 4.42 Å². The summed E-state index contributed by atoms with van der Waals surface area (Å²) in [6.45, 7) is 0. The fourth-order valence-electron chi connectivity index (χ4n) is 9.73. The second kappa shape index (κ2) is 15.0. The van der Waals surface area contributed by atoms with Crippen molar-refractivity contribution in [2.24, 2.45) is 0 Å². The van der Waals surface area contributed by atoms with Gasteiger partial charge in [0.1, 0.15) is 11.2 Å². The summed E-state index contributed by atoms with van der Waals surface area (Å²) in [6, 6.07) is 81.5. The number of hydrogen-bond acceptors (Lipinski definition) is 4. The molecule has 0 N–H and O–H groups in total. The van der Waals surface area contributed by atoms with Crippen LogP contribution < -0.4 is 4.90 Å². The number of nitrogens with zero attached hydrogens (tertiary/aromatic N) is 1. The van der Waals surface area contributed by atoms with E-state index in [4.69, 9.17) is 4.42 Å². The molecule has 64 heavy (non-hydrogen) atoms. The minimum absolute atomic E-state index is 0.862. The fraction of sp³-hybridized carbons (Fsp3) is 0. The van der Waals surface area contributed by atoms with Gasteiger partial charge in [-0.2, -0.15) is 0 Å². The predicted molar refractivity (Wildman–Crippen MR) is 276 cm³/mol. The molecule has 0 aliphatic carbocycles. The lowest BCUT2D eigenvalue weighted by atomic mass is 9.94. The molecule has 300 valence electrons. The maximum Gasteiger partial charge on any atom is 0.145 e. The summed E-state index contributed by atoms with van der Waals surface area (Å²) >= 11 is 3.72. The topological polar surface area (TPSA) is 16.4 Å². The van der Waals surface area contributed by atoms with Gasteiger partial charge in [-0.25, -0.2) is 0 Å². The molecule has 2 nitrogen and oxygen atoms in total. The van der Waals surface area contributed by atoms with E-state index in [-0.39, 0.29) is 0 Å². The molecule has 0 spiro atoms. The molecular weight excluding hydrogens is 815 g/mol. The van der Waals surface area contributed by atoms with Gasteiger partial charge in [-0.1, -0.05) is 152 Å². The predicted octanol–water partition coefficient (Wildman–Crippen LogP) is 18.5. The Morgan fingerprint density at radius 1 is 0.312 bits per heavy atom. The first kappa shape index (κ1) is 36.9. The van der Waals surface area contributed by atoms with E-state index in [2.05, 4.69) is 229 Å². The van der Waals surface area contributed by atoms with E-state index in [1.807, 2.05) is 22.7 Å².